The molecule has 0 aromatic heterocycles. The molecule has 4 unspecified atom stereocenters. The van der Waals surface area contributed by atoms with E-state index >= 15 is 0 Å². The predicted molar refractivity (Wildman–Crippen MR) is 73.7 cm³/mol. The van der Waals surface area contributed by atoms with Gasteiger partial charge in [0, 0.05) is 11.6 Å². The van der Waals surface area contributed by atoms with Crippen molar-refractivity contribution in [3.63, 3.8) is 0 Å². The van der Waals surface area contributed by atoms with E-state index in [0.717, 1.165) is 6.42 Å². The number of rotatable bonds is 3. The van der Waals surface area contributed by atoms with Gasteiger partial charge in [0.25, 0.3) is 0 Å². The first-order valence-corrected chi connectivity index (χ1v) is 6.37. The van der Waals surface area contributed by atoms with E-state index in [1.165, 1.54) is 6.07 Å². The number of hydrogen-bond acceptors (Lipinski definition) is 2. The normalized spacial score (nSPS) is 28.5. The van der Waals surface area contributed by atoms with E-state index in [9.17, 15) is 8.78 Å². The predicted octanol–water partition coefficient (Wildman–Crippen LogP) is 3.54. The van der Waals surface area contributed by atoms with Gasteiger partial charge in [-0.2, -0.15) is 0 Å². The van der Waals surface area contributed by atoms with Crippen molar-refractivity contribution in [2.75, 3.05) is 0 Å². The average molecular weight is 292 g/mol. The van der Waals surface area contributed by atoms with Crippen molar-refractivity contribution in [2.45, 2.75) is 50.6 Å². The van der Waals surface area contributed by atoms with E-state index in [-0.39, 0.29) is 24.3 Å². The zero-order chi connectivity index (χ0) is 13.1. The molecule has 108 valence electrons. The summed E-state index contributed by atoms with van der Waals surface area (Å²) >= 11 is 0. The Morgan fingerprint density at radius 2 is 2.00 bits per heavy atom. The van der Waals surface area contributed by atoms with Crippen LogP contribution in [0.1, 0.15) is 37.9 Å². The van der Waals surface area contributed by atoms with Gasteiger partial charge in [0.2, 0.25) is 0 Å². The minimum Gasteiger partial charge on any atom is -0.367 e. The topological polar surface area (TPSA) is 35.2 Å². The molecule has 1 aliphatic rings. The van der Waals surface area contributed by atoms with Gasteiger partial charge < -0.3 is 10.5 Å². The summed E-state index contributed by atoms with van der Waals surface area (Å²) in [7, 11) is 0. The largest absolute Gasteiger partial charge is 0.367 e. The lowest BCUT2D eigenvalue weighted by atomic mass is 9.92. The maximum Gasteiger partial charge on any atom is 0.128 e. The van der Waals surface area contributed by atoms with Crippen LogP contribution in [0.25, 0.3) is 0 Å². The molecule has 0 spiro atoms. The molecule has 1 fully saturated rings. The lowest BCUT2D eigenvalue weighted by molar-refractivity contribution is -0.0670. The summed E-state index contributed by atoms with van der Waals surface area (Å²) < 4.78 is 33.0. The summed E-state index contributed by atoms with van der Waals surface area (Å²) in [5.41, 5.74) is 6.17. The first-order valence-electron chi connectivity index (χ1n) is 6.37. The molecule has 5 heteroatoms. The molecule has 1 aliphatic carbocycles. The first-order chi connectivity index (χ1) is 8.58. The second-order valence-corrected chi connectivity index (χ2v) is 4.93. The fourth-order valence-electron chi connectivity index (χ4n) is 2.41. The molecule has 0 aliphatic heterocycles. The van der Waals surface area contributed by atoms with Crippen LogP contribution in [-0.4, -0.2) is 18.3 Å². The molecule has 0 amide bonds. The summed E-state index contributed by atoms with van der Waals surface area (Å²) in [6.45, 7) is 1.75. The van der Waals surface area contributed by atoms with Crippen LogP contribution >= 0.6 is 12.4 Å². The second-order valence-electron chi connectivity index (χ2n) is 4.93. The van der Waals surface area contributed by atoms with E-state index in [0.29, 0.717) is 18.4 Å². The molecule has 0 bridgehead atoms. The number of benzene rings is 1. The van der Waals surface area contributed by atoms with Crippen LogP contribution in [0.4, 0.5) is 8.78 Å². The smallest absolute Gasteiger partial charge is 0.128 e. The zero-order valence-electron chi connectivity index (χ0n) is 10.9. The van der Waals surface area contributed by atoms with Crippen LogP contribution in [0, 0.1) is 5.82 Å². The number of alkyl halides is 1. The van der Waals surface area contributed by atoms with Crippen molar-refractivity contribution in [2.24, 2.45) is 5.73 Å². The third-order valence-electron chi connectivity index (χ3n) is 3.48. The molecular weight excluding hydrogens is 272 g/mol. The minimum atomic E-state index is -1.05. The fourth-order valence-corrected chi connectivity index (χ4v) is 2.41. The Hall–Kier alpha value is -0.710. The Labute approximate surface area is 118 Å². The number of nitrogens with two attached hydrogens (primary N) is 1. The summed E-state index contributed by atoms with van der Waals surface area (Å²) in [5, 5.41) is 0. The molecule has 19 heavy (non-hydrogen) atoms. The lowest BCUT2D eigenvalue weighted by Gasteiger charge is -2.32. The van der Waals surface area contributed by atoms with Gasteiger partial charge in [0.05, 0.1) is 12.2 Å². The maximum atomic E-state index is 13.8. The quantitative estimate of drug-likeness (QED) is 0.924. The Kier molecular flexibility index (Phi) is 6.17. The van der Waals surface area contributed by atoms with Crippen LogP contribution in [-0.2, 0) is 4.74 Å². The van der Waals surface area contributed by atoms with Crippen molar-refractivity contribution in [3.8, 4) is 0 Å². The molecule has 2 N–H and O–H groups in total. The van der Waals surface area contributed by atoms with E-state index in [4.69, 9.17) is 10.5 Å². The molecule has 1 aromatic carbocycles. The van der Waals surface area contributed by atoms with Crippen LogP contribution < -0.4 is 5.73 Å². The summed E-state index contributed by atoms with van der Waals surface area (Å²) in [5.74, 6) is -0.312. The summed E-state index contributed by atoms with van der Waals surface area (Å²) in [6, 6.07) is 6.36. The lowest BCUT2D eigenvalue weighted by Crippen LogP contribution is -2.39. The van der Waals surface area contributed by atoms with Crippen LogP contribution in [0.2, 0.25) is 0 Å². The molecule has 0 heterocycles. The zero-order valence-corrected chi connectivity index (χ0v) is 11.7. The van der Waals surface area contributed by atoms with Gasteiger partial charge in [-0.15, -0.1) is 12.4 Å². The Morgan fingerprint density at radius 3 is 2.63 bits per heavy atom. The van der Waals surface area contributed by atoms with E-state index < -0.39 is 18.4 Å². The molecule has 1 aromatic rings. The monoisotopic (exact) mass is 291 g/mol. The van der Waals surface area contributed by atoms with Crippen LogP contribution in [0.5, 0.6) is 0 Å². The highest BCUT2D eigenvalue weighted by atomic mass is 35.5. The van der Waals surface area contributed by atoms with Crippen molar-refractivity contribution in [1.29, 1.82) is 0 Å². The standard InChI is InChI=1S/C14H19F2NO.ClH/c1-9(11-4-2-3-5-12(11)15)18-14-7-6-10(17)8-13(14)16;/h2-5,9-10,13-14H,6-8,17H2,1H3;1H. The highest BCUT2D eigenvalue weighted by Crippen LogP contribution is 2.29. The number of ether oxygens (including phenoxy) is 1. The first kappa shape index (κ1) is 16.3. The molecular formula is C14H20ClF2NO. The van der Waals surface area contributed by atoms with Gasteiger partial charge in [-0.25, -0.2) is 8.78 Å². The van der Waals surface area contributed by atoms with Crippen LogP contribution in [0.3, 0.4) is 0 Å². The number of halogens is 3. The van der Waals surface area contributed by atoms with Crippen LogP contribution in [0.15, 0.2) is 24.3 Å². The van der Waals surface area contributed by atoms with Gasteiger partial charge in [0.1, 0.15) is 12.0 Å². The summed E-state index contributed by atoms with van der Waals surface area (Å²) in [6.07, 6.45) is -0.281. The number of hydrogen-bond donors (Lipinski definition) is 1. The van der Waals surface area contributed by atoms with E-state index in [1.54, 1.807) is 25.1 Å². The van der Waals surface area contributed by atoms with E-state index in [1.807, 2.05) is 0 Å². The van der Waals surface area contributed by atoms with Crippen molar-refractivity contribution < 1.29 is 13.5 Å². The Morgan fingerprint density at radius 1 is 1.32 bits per heavy atom. The van der Waals surface area contributed by atoms with Crippen molar-refractivity contribution >= 4 is 12.4 Å². The third-order valence-corrected chi connectivity index (χ3v) is 3.48. The van der Waals surface area contributed by atoms with Crippen molar-refractivity contribution in [1.82, 2.24) is 0 Å². The van der Waals surface area contributed by atoms with Gasteiger partial charge in [-0.3, -0.25) is 0 Å². The Balaban J connectivity index is 0.00000180. The summed E-state index contributed by atoms with van der Waals surface area (Å²) in [4.78, 5) is 0. The fraction of sp³-hybridized carbons (Fsp3) is 0.571. The van der Waals surface area contributed by atoms with Gasteiger partial charge in [-0.05, 0) is 32.3 Å². The van der Waals surface area contributed by atoms with Gasteiger partial charge >= 0.3 is 0 Å². The highest BCUT2D eigenvalue weighted by Gasteiger charge is 2.31. The second kappa shape index (κ2) is 7.17. The molecule has 0 saturated heterocycles. The van der Waals surface area contributed by atoms with Gasteiger partial charge in [-0.1, -0.05) is 18.2 Å². The van der Waals surface area contributed by atoms with Crippen molar-refractivity contribution in [3.05, 3.63) is 35.6 Å². The molecule has 0 radical (unpaired) electrons. The molecule has 2 rings (SSSR count). The Bertz CT molecular complexity index is 405. The third kappa shape index (κ3) is 4.13. The molecule has 1 saturated carbocycles. The minimum absolute atomic E-state index is 0. The molecule has 4 atom stereocenters. The highest BCUT2D eigenvalue weighted by molar-refractivity contribution is 5.85. The SMILES string of the molecule is CC(OC1CCC(N)CC1F)c1ccccc1F.Cl. The van der Waals surface area contributed by atoms with E-state index in [2.05, 4.69) is 0 Å². The maximum absolute atomic E-state index is 13.8. The average Bonchev–Trinajstić information content (AvgIpc) is 2.33. The molecule has 2 nitrogen and oxygen atoms in total. The van der Waals surface area contributed by atoms with Gasteiger partial charge in [0.15, 0.2) is 0 Å².